The average Bonchev–Trinajstić information content (AvgIpc) is 2.28. The van der Waals surface area contributed by atoms with Gasteiger partial charge in [-0.25, -0.2) is 0 Å². The van der Waals surface area contributed by atoms with Gasteiger partial charge in [0.25, 0.3) is 0 Å². The minimum Gasteiger partial charge on any atom is -0.0508 e. The summed E-state index contributed by atoms with van der Waals surface area (Å²) in [6.07, 6.45) is 0. The fourth-order valence-electron chi connectivity index (χ4n) is 2.19. The lowest BCUT2D eigenvalue weighted by molar-refractivity contribution is 1.29. The second-order valence-electron chi connectivity index (χ2n) is 4.79. The lowest BCUT2D eigenvalue weighted by atomic mass is 9.92. The lowest BCUT2D eigenvalue weighted by Gasteiger charge is -2.15. The maximum atomic E-state index is 3.59. The summed E-state index contributed by atoms with van der Waals surface area (Å²) in [5, 5.41) is 0. The van der Waals surface area contributed by atoms with Crippen molar-refractivity contribution in [2.24, 2.45) is 0 Å². The van der Waals surface area contributed by atoms with Crippen molar-refractivity contribution < 1.29 is 0 Å². The highest BCUT2D eigenvalue weighted by molar-refractivity contribution is 9.10. The number of hydrogen-bond acceptors (Lipinski definition) is 0. The second kappa shape index (κ2) is 5.18. The molecule has 0 aliphatic rings. The SMILES string of the molecule is Cc1cc(Br)cc(-c2cc(Br)cc(C)c2C)c1C. The smallest absolute Gasteiger partial charge is 0.0184 e. The summed E-state index contributed by atoms with van der Waals surface area (Å²) in [7, 11) is 0. The van der Waals surface area contributed by atoms with Crippen LogP contribution in [0.4, 0.5) is 0 Å². The van der Waals surface area contributed by atoms with Gasteiger partial charge in [0.15, 0.2) is 0 Å². The summed E-state index contributed by atoms with van der Waals surface area (Å²) in [5.74, 6) is 0. The van der Waals surface area contributed by atoms with Gasteiger partial charge >= 0.3 is 0 Å². The van der Waals surface area contributed by atoms with Crippen LogP contribution in [-0.4, -0.2) is 0 Å². The Morgan fingerprint density at radius 2 is 0.944 bits per heavy atom. The van der Waals surface area contributed by atoms with Gasteiger partial charge in [0.05, 0.1) is 0 Å². The molecule has 0 saturated heterocycles. The highest BCUT2D eigenvalue weighted by Gasteiger charge is 2.10. The largest absolute Gasteiger partial charge is 0.0508 e. The summed E-state index contributed by atoms with van der Waals surface area (Å²) < 4.78 is 2.27. The molecule has 18 heavy (non-hydrogen) atoms. The summed E-state index contributed by atoms with van der Waals surface area (Å²) in [6.45, 7) is 8.69. The van der Waals surface area contributed by atoms with E-state index in [2.05, 4.69) is 83.8 Å². The standard InChI is InChI=1S/C16H16Br2/c1-9-5-13(17)7-15(11(9)3)16-8-14(18)6-10(2)12(16)4/h5-8H,1-4H3. The normalized spacial score (nSPS) is 10.8. The molecule has 0 fully saturated rings. The van der Waals surface area contributed by atoms with E-state index in [1.54, 1.807) is 0 Å². The van der Waals surface area contributed by atoms with Crippen molar-refractivity contribution in [1.82, 2.24) is 0 Å². The van der Waals surface area contributed by atoms with Crippen molar-refractivity contribution in [2.45, 2.75) is 27.7 Å². The van der Waals surface area contributed by atoms with Gasteiger partial charge in [-0.1, -0.05) is 31.9 Å². The molecule has 0 N–H and O–H groups in total. The maximum Gasteiger partial charge on any atom is 0.0184 e. The highest BCUT2D eigenvalue weighted by Crippen LogP contribution is 2.34. The minimum atomic E-state index is 1.14. The zero-order valence-corrected chi connectivity index (χ0v) is 14.2. The zero-order chi connectivity index (χ0) is 13.4. The van der Waals surface area contributed by atoms with Crippen LogP contribution in [0.15, 0.2) is 33.2 Å². The van der Waals surface area contributed by atoms with Crippen molar-refractivity contribution >= 4 is 31.9 Å². The van der Waals surface area contributed by atoms with E-state index in [9.17, 15) is 0 Å². The predicted octanol–water partition coefficient (Wildman–Crippen LogP) is 6.11. The molecule has 2 aromatic rings. The van der Waals surface area contributed by atoms with Crippen LogP contribution in [0.2, 0.25) is 0 Å². The number of benzene rings is 2. The first-order valence-electron chi connectivity index (χ1n) is 5.94. The molecule has 94 valence electrons. The Morgan fingerprint density at radius 1 is 0.611 bits per heavy atom. The molecule has 0 amide bonds. The van der Waals surface area contributed by atoms with E-state index in [0.29, 0.717) is 0 Å². The van der Waals surface area contributed by atoms with E-state index in [-0.39, 0.29) is 0 Å². The number of aryl methyl sites for hydroxylation is 2. The third-order valence-electron chi connectivity index (χ3n) is 3.55. The molecular formula is C16H16Br2. The van der Waals surface area contributed by atoms with E-state index in [4.69, 9.17) is 0 Å². The molecule has 0 saturated carbocycles. The molecule has 0 unspecified atom stereocenters. The van der Waals surface area contributed by atoms with Crippen LogP contribution < -0.4 is 0 Å². The van der Waals surface area contributed by atoms with Crippen molar-refractivity contribution in [1.29, 1.82) is 0 Å². The van der Waals surface area contributed by atoms with Crippen LogP contribution in [0.5, 0.6) is 0 Å². The van der Waals surface area contributed by atoms with Crippen LogP contribution in [0.3, 0.4) is 0 Å². The third kappa shape index (κ3) is 2.55. The summed E-state index contributed by atoms with van der Waals surface area (Å²) in [5.41, 5.74) is 7.94. The predicted molar refractivity (Wildman–Crippen MR) is 86.2 cm³/mol. The van der Waals surface area contributed by atoms with Crippen molar-refractivity contribution in [3.05, 3.63) is 55.5 Å². The van der Waals surface area contributed by atoms with Gasteiger partial charge in [-0.3, -0.25) is 0 Å². The van der Waals surface area contributed by atoms with Gasteiger partial charge in [-0.15, -0.1) is 0 Å². The molecule has 0 nitrogen and oxygen atoms in total. The zero-order valence-electron chi connectivity index (χ0n) is 11.1. The molecule has 0 atom stereocenters. The van der Waals surface area contributed by atoms with E-state index in [0.717, 1.165) is 8.95 Å². The van der Waals surface area contributed by atoms with Crippen molar-refractivity contribution in [2.75, 3.05) is 0 Å². The molecule has 0 radical (unpaired) electrons. The van der Waals surface area contributed by atoms with Crippen LogP contribution in [0, 0.1) is 27.7 Å². The fraction of sp³-hybridized carbons (Fsp3) is 0.250. The molecule has 0 aliphatic heterocycles. The minimum absolute atomic E-state index is 1.14. The van der Waals surface area contributed by atoms with Crippen molar-refractivity contribution in [3.8, 4) is 11.1 Å². The third-order valence-corrected chi connectivity index (χ3v) is 4.47. The van der Waals surface area contributed by atoms with Crippen LogP contribution in [0.25, 0.3) is 11.1 Å². The van der Waals surface area contributed by atoms with Crippen LogP contribution >= 0.6 is 31.9 Å². The van der Waals surface area contributed by atoms with Gasteiger partial charge in [-0.05, 0) is 85.3 Å². The monoisotopic (exact) mass is 366 g/mol. The Kier molecular flexibility index (Phi) is 3.98. The first-order valence-corrected chi connectivity index (χ1v) is 7.52. The number of halogens is 2. The molecule has 2 aromatic carbocycles. The maximum absolute atomic E-state index is 3.59. The highest BCUT2D eigenvalue weighted by atomic mass is 79.9. The molecule has 0 aliphatic carbocycles. The molecule has 2 heteroatoms. The quantitative estimate of drug-likeness (QED) is 0.570. The molecule has 2 rings (SSSR count). The van der Waals surface area contributed by atoms with Gasteiger partial charge in [-0.2, -0.15) is 0 Å². The average molecular weight is 368 g/mol. The Labute approximate surface area is 126 Å². The van der Waals surface area contributed by atoms with Gasteiger partial charge < -0.3 is 0 Å². The van der Waals surface area contributed by atoms with E-state index in [1.165, 1.54) is 33.4 Å². The number of rotatable bonds is 1. The lowest BCUT2D eigenvalue weighted by Crippen LogP contribution is -1.93. The number of hydrogen-bond donors (Lipinski definition) is 0. The first-order chi connectivity index (χ1) is 8.40. The Hall–Kier alpha value is -0.600. The van der Waals surface area contributed by atoms with Crippen LogP contribution in [-0.2, 0) is 0 Å². The molecule has 0 spiro atoms. The summed E-state index contributed by atoms with van der Waals surface area (Å²) in [4.78, 5) is 0. The summed E-state index contributed by atoms with van der Waals surface area (Å²) >= 11 is 7.19. The van der Waals surface area contributed by atoms with E-state index >= 15 is 0 Å². The molecular weight excluding hydrogens is 352 g/mol. The molecule has 0 aromatic heterocycles. The van der Waals surface area contributed by atoms with E-state index in [1.807, 2.05) is 0 Å². The van der Waals surface area contributed by atoms with Gasteiger partial charge in [0.1, 0.15) is 0 Å². The summed E-state index contributed by atoms with van der Waals surface area (Å²) in [6, 6.07) is 8.74. The van der Waals surface area contributed by atoms with Crippen molar-refractivity contribution in [3.63, 3.8) is 0 Å². The van der Waals surface area contributed by atoms with E-state index < -0.39 is 0 Å². The Balaban J connectivity index is 2.77. The molecule has 0 heterocycles. The molecule has 0 bridgehead atoms. The first kappa shape index (κ1) is 13.8. The topological polar surface area (TPSA) is 0 Å². The Bertz CT molecular complexity index is 557. The second-order valence-corrected chi connectivity index (χ2v) is 6.62. The fourth-order valence-corrected chi connectivity index (χ4v) is 3.33. The van der Waals surface area contributed by atoms with Gasteiger partial charge in [0.2, 0.25) is 0 Å². The van der Waals surface area contributed by atoms with Gasteiger partial charge in [0, 0.05) is 8.95 Å². The van der Waals surface area contributed by atoms with Crippen LogP contribution in [0.1, 0.15) is 22.3 Å². The Morgan fingerprint density at radius 3 is 1.28 bits per heavy atom.